The summed E-state index contributed by atoms with van der Waals surface area (Å²) in [5.74, 6) is 0. The highest BCUT2D eigenvalue weighted by Crippen LogP contribution is 2.26. The molecule has 0 fully saturated rings. The van der Waals surface area contributed by atoms with Crippen LogP contribution in [0.4, 0.5) is 5.69 Å². The zero-order valence-corrected chi connectivity index (χ0v) is 9.92. The van der Waals surface area contributed by atoms with E-state index in [0.717, 1.165) is 5.69 Å². The fourth-order valence-corrected chi connectivity index (χ4v) is 1.94. The van der Waals surface area contributed by atoms with E-state index in [-0.39, 0.29) is 0 Å². The lowest BCUT2D eigenvalue weighted by Crippen LogP contribution is -2.37. The summed E-state index contributed by atoms with van der Waals surface area (Å²) in [6.45, 7) is 8.62. The molecule has 0 bridgehead atoms. The van der Waals surface area contributed by atoms with E-state index in [1.165, 1.54) is 0 Å². The van der Waals surface area contributed by atoms with Crippen molar-refractivity contribution in [3.05, 3.63) is 23.5 Å². The Morgan fingerprint density at radius 3 is 2.21 bits per heavy atom. The number of anilines is 1. The third-order valence-corrected chi connectivity index (χ3v) is 2.42. The summed E-state index contributed by atoms with van der Waals surface area (Å²) in [5, 5.41) is 0.579. The molecule has 2 nitrogen and oxygen atoms in total. The van der Waals surface area contributed by atoms with Crippen molar-refractivity contribution < 1.29 is 0 Å². The first kappa shape index (κ1) is 11.3. The molecule has 0 spiro atoms. The summed E-state index contributed by atoms with van der Waals surface area (Å²) >= 11 is 6.05. The lowest BCUT2D eigenvalue weighted by molar-refractivity contribution is 0.607. The second-order valence-electron chi connectivity index (χ2n) is 3.91. The van der Waals surface area contributed by atoms with Crippen molar-refractivity contribution in [2.24, 2.45) is 0 Å². The number of halogens is 1. The van der Waals surface area contributed by atoms with Gasteiger partial charge in [-0.2, -0.15) is 0 Å². The van der Waals surface area contributed by atoms with Crippen LogP contribution < -0.4 is 4.90 Å². The molecule has 0 N–H and O–H groups in total. The van der Waals surface area contributed by atoms with E-state index in [1.54, 1.807) is 6.20 Å². The van der Waals surface area contributed by atoms with Gasteiger partial charge in [0.15, 0.2) is 5.15 Å². The van der Waals surface area contributed by atoms with Gasteiger partial charge in [-0.3, -0.25) is 0 Å². The van der Waals surface area contributed by atoms with E-state index in [0.29, 0.717) is 17.2 Å². The van der Waals surface area contributed by atoms with Gasteiger partial charge < -0.3 is 4.90 Å². The average Bonchev–Trinajstić information content (AvgIpc) is 2.07. The van der Waals surface area contributed by atoms with Gasteiger partial charge in [0.2, 0.25) is 0 Å². The SMILES string of the molecule is CC(C)N(c1cccnc1Cl)C(C)C. The molecule has 1 aromatic heterocycles. The largest absolute Gasteiger partial charge is 0.364 e. The minimum Gasteiger partial charge on any atom is -0.364 e. The Kier molecular flexibility index (Phi) is 3.76. The fourth-order valence-electron chi connectivity index (χ4n) is 1.72. The van der Waals surface area contributed by atoms with Crippen LogP contribution in [0.5, 0.6) is 0 Å². The van der Waals surface area contributed by atoms with Gasteiger partial charge in [-0.05, 0) is 39.8 Å². The molecule has 0 radical (unpaired) electrons. The van der Waals surface area contributed by atoms with Gasteiger partial charge in [0.25, 0.3) is 0 Å². The van der Waals surface area contributed by atoms with E-state index < -0.39 is 0 Å². The zero-order valence-electron chi connectivity index (χ0n) is 9.16. The molecule has 0 aromatic carbocycles. The van der Waals surface area contributed by atoms with Crippen LogP contribution in [0.15, 0.2) is 18.3 Å². The summed E-state index contributed by atoms with van der Waals surface area (Å²) in [7, 11) is 0. The maximum Gasteiger partial charge on any atom is 0.152 e. The third-order valence-electron chi connectivity index (χ3n) is 2.13. The molecule has 0 aliphatic heterocycles. The second-order valence-corrected chi connectivity index (χ2v) is 4.27. The predicted molar refractivity (Wildman–Crippen MR) is 62.0 cm³/mol. The molecule has 1 rings (SSSR count). The third kappa shape index (κ3) is 2.38. The highest BCUT2D eigenvalue weighted by Gasteiger charge is 2.16. The fraction of sp³-hybridized carbons (Fsp3) is 0.545. The number of nitrogens with zero attached hydrogens (tertiary/aromatic N) is 2. The summed E-state index contributed by atoms with van der Waals surface area (Å²) in [6, 6.07) is 4.78. The predicted octanol–water partition coefficient (Wildman–Crippen LogP) is 3.36. The van der Waals surface area contributed by atoms with Crippen LogP contribution in [-0.4, -0.2) is 17.1 Å². The minimum absolute atomic E-state index is 0.427. The maximum atomic E-state index is 6.05. The van der Waals surface area contributed by atoms with Crippen molar-refractivity contribution in [2.75, 3.05) is 4.90 Å². The lowest BCUT2D eigenvalue weighted by atomic mass is 10.2. The highest BCUT2D eigenvalue weighted by atomic mass is 35.5. The molecule has 78 valence electrons. The number of hydrogen-bond donors (Lipinski definition) is 0. The molecule has 0 amide bonds. The van der Waals surface area contributed by atoms with Crippen LogP contribution >= 0.6 is 11.6 Å². The van der Waals surface area contributed by atoms with E-state index in [2.05, 4.69) is 37.6 Å². The monoisotopic (exact) mass is 212 g/mol. The quantitative estimate of drug-likeness (QED) is 0.715. The average molecular weight is 213 g/mol. The summed E-state index contributed by atoms with van der Waals surface area (Å²) in [5.41, 5.74) is 1.01. The van der Waals surface area contributed by atoms with Gasteiger partial charge in [0, 0.05) is 18.3 Å². The molecule has 0 atom stereocenters. The van der Waals surface area contributed by atoms with E-state index in [9.17, 15) is 0 Å². The molecule has 3 heteroatoms. The Bertz CT molecular complexity index is 289. The van der Waals surface area contributed by atoms with Gasteiger partial charge in [-0.1, -0.05) is 11.6 Å². The number of hydrogen-bond acceptors (Lipinski definition) is 2. The van der Waals surface area contributed by atoms with Gasteiger partial charge in [0.1, 0.15) is 0 Å². The normalized spacial score (nSPS) is 11.1. The first-order chi connectivity index (χ1) is 6.54. The van der Waals surface area contributed by atoms with Crippen LogP contribution in [0, 0.1) is 0 Å². The Balaban J connectivity index is 3.05. The molecular formula is C11H17ClN2. The molecule has 0 saturated heterocycles. The van der Waals surface area contributed by atoms with Gasteiger partial charge in [0.05, 0.1) is 5.69 Å². The number of pyridine rings is 1. The number of rotatable bonds is 3. The van der Waals surface area contributed by atoms with Crippen LogP contribution in [0.2, 0.25) is 5.15 Å². The van der Waals surface area contributed by atoms with E-state index in [1.807, 2.05) is 12.1 Å². The first-order valence-corrected chi connectivity index (χ1v) is 5.30. The molecule has 14 heavy (non-hydrogen) atoms. The topological polar surface area (TPSA) is 16.1 Å². The lowest BCUT2D eigenvalue weighted by Gasteiger charge is -2.33. The van der Waals surface area contributed by atoms with Crippen LogP contribution in [0.3, 0.4) is 0 Å². The molecule has 1 aromatic rings. The van der Waals surface area contributed by atoms with Crippen LogP contribution in [0.25, 0.3) is 0 Å². The summed E-state index contributed by atoms with van der Waals surface area (Å²) in [4.78, 5) is 6.35. The van der Waals surface area contributed by atoms with Gasteiger partial charge >= 0.3 is 0 Å². The van der Waals surface area contributed by atoms with Crippen molar-refractivity contribution in [2.45, 2.75) is 39.8 Å². The Hall–Kier alpha value is -0.760. The number of aromatic nitrogens is 1. The molecular weight excluding hydrogens is 196 g/mol. The Morgan fingerprint density at radius 2 is 1.79 bits per heavy atom. The standard InChI is InChI=1S/C11H17ClN2/c1-8(2)14(9(3)4)10-6-5-7-13-11(10)12/h5-9H,1-4H3. The van der Waals surface area contributed by atoms with Crippen LogP contribution in [0.1, 0.15) is 27.7 Å². The first-order valence-electron chi connectivity index (χ1n) is 4.93. The molecule has 0 aliphatic carbocycles. The van der Waals surface area contributed by atoms with Crippen molar-refractivity contribution in [3.8, 4) is 0 Å². The highest BCUT2D eigenvalue weighted by molar-refractivity contribution is 6.32. The molecule has 0 unspecified atom stereocenters. The van der Waals surface area contributed by atoms with Crippen molar-refractivity contribution in [1.82, 2.24) is 4.98 Å². The van der Waals surface area contributed by atoms with Crippen molar-refractivity contribution in [3.63, 3.8) is 0 Å². The van der Waals surface area contributed by atoms with Crippen molar-refractivity contribution in [1.29, 1.82) is 0 Å². The maximum absolute atomic E-state index is 6.05. The van der Waals surface area contributed by atoms with E-state index in [4.69, 9.17) is 11.6 Å². The smallest absolute Gasteiger partial charge is 0.152 e. The minimum atomic E-state index is 0.427. The van der Waals surface area contributed by atoms with Crippen LogP contribution in [-0.2, 0) is 0 Å². The second kappa shape index (κ2) is 4.65. The van der Waals surface area contributed by atoms with Gasteiger partial charge in [-0.25, -0.2) is 4.98 Å². The van der Waals surface area contributed by atoms with E-state index >= 15 is 0 Å². The zero-order chi connectivity index (χ0) is 10.7. The molecule has 0 saturated carbocycles. The molecule has 1 heterocycles. The van der Waals surface area contributed by atoms with Crippen molar-refractivity contribution >= 4 is 17.3 Å². The summed E-state index contributed by atoms with van der Waals surface area (Å²) < 4.78 is 0. The Morgan fingerprint density at radius 1 is 1.21 bits per heavy atom. The Labute approximate surface area is 90.9 Å². The summed E-state index contributed by atoms with van der Waals surface area (Å²) in [6.07, 6.45) is 1.71. The van der Waals surface area contributed by atoms with Gasteiger partial charge in [-0.15, -0.1) is 0 Å². The molecule has 0 aliphatic rings.